The maximum Gasteiger partial charge on any atom is 0.161 e. The Morgan fingerprint density at radius 1 is 1.69 bits per heavy atom. The van der Waals surface area contributed by atoms with E-state index in [9.17, 15) is 9.59 Å². The quantitative estimate of drug-likeness (QED) is 0.714. The van der Waals surface area contributed by atoms with Crippen LogP contribution in [0.1, 0.15) is 39.5 Å². The highest BCUT2D eigenvalue weighted by molar-refractivity contribution is 5.93. The molecule has 2 atom stereocenters. The van der Waals surface area contributed by atoms with E-state index in [0.29, 0.717) is 6.42 Å². The van der Waals surface area contributed by atoms with Crippen LogP contribution >= 0.6 is 0 Å². The third-order valence-electron chi connectivity index (χ3n) is 2.84. The minimum absolute atomic E-state index is 0.168. The van der Waals surface area contributed by atoms with Gasteiger partial charge < -0.3 is 5.11 Å². The zero-order chi connectivity index (χ0) is 10.1. The third-order valence-corrected chi connectivity index (χ3v) is 2.84. The molecule has 1 fully saturated rings. The lowest BCUT2D eigenvalue weighted by atomic mass is 9.82. The van der Waals surface area contributed by atoms with Gasteiger partial charge in [-0.1, -0.05) is 6.92 Å². The summed E-state index contributed by atoms with van der Waals surface area (Å²) in [4.78, 5) is 22.7. The molecule has 0 saturated heterocycles. The number of aliphatic hydroxyl groups is 1. The Balaban J connectivity index is 2.61. The molecule has 0 aromatic heterocycles. The smallest absolute Gasteiger partial charge is 0.161 e. The monoisotopic (exact) mass is 184 g/mol. The van der Waals surface area contributed by atoms with Crippen molar-refractivity contribution in [1.29, 1.82) is 0 Å². The Morgan fingerprint density at radius 2 is 2.31 bits per heavy atom. The molecule has 1 aliphatic rings. The van der Waals surface area contributed by atoms with E-state index in [1.807, 2.05) is 6.92 Å². The standard InChI is InChI=1S/C10H16O3/c1-7(11)8(12)6-10(2)5-3-4-9(10)13/h7,11H,3-6H2,1-2H3. The summed E-state index contributed by atoms with van der Waals surface area (Å²) in [6.07, 6.45) is 1.50. The molecule has 0 spiro atoms. The highest BCUT2D eigenvalue weighted by Gasteiger charge is 2.39. The summed E-state index contributed by atoms with van der Waals surface area (Å²) < 4.78 is 0. The second kappa shape index (κ2) is 3.58. The molecule has 74 valence electrons. The summed E-state index contributed by atoms with van der Waals surface area (Å²) in [5.74, 6) is -0.0562. The first-order valence-corrected chi connectivity index (χ1v) is 4.70. The molecule has 0 aliphatic heterocycles. The first kappa shape index (κ1) is 10.4. The van der Waals surface area contributed by atoms with Crippen LogP contribution in [0.15, 0.2) is 0 Å². The molecule has 1 saturated carbocycles. The lowest BCUT2D eigenvalue weighted by Gasteiger charge is -2.21. The predicted octanol–water partition coefficient (Wildman–Crippen LogP) is 1.09. The van der Waals surface area contributed by atoms with Gasteiger partial charge >= 0.3 is 0 Å². The van der Waals surface area contributed by atoms with Crippen molar-refractivity contribution in [1.82, 2.24) is 0 Å². The van der Waals surface area contributed by atoms with Crippen LogP contribution in [0.2, 0.25) is 0 Å². The Kier molecular flexibility index (Phi) is 2.86. The van der Waals surface area contributed by atoms with E-state index < -0.39 is 11.5 Å². The van der Waals surface area contributed by atoms with E-state index in [4.69, 9.17) is 5.11 Å². The van der Waals surface area contributed by atoms with Crippen molar-refractivity contribution in [3.8, 4) is 0 Å². The van der Waals surface area contributed by atoms with Gasteiger partial charge in [0.2, 0.25) is 0 Å². The fraction of sp³-hybridized carbons (Fsp3) is 0.800. The molecule has 0 radical (unpaired) electrons. The molecule has 2 unspecified atom stereocenters. The van der Waals surface area contributed by atoms with Gasteiger partial charge in [-0.25, -0.2) is 0 Å². The Bertz CT molecular complexity index is 232. The van der Waals surface area contributed by atoms with Crippen molar-refractivity contribution in [2.45, 2.75) is 45.6 Å². The number of rotatable bonds is 3. The van der Waals surface area contributed by atoms with Gasteiger partial charge in [0.05, 0.1) is 0 Å². The highest BCUT2D eigenvalue weighted by atomic mass is 16.3. The normalized spacial score (nSPS) is 30.5. The van der Waals surface area contributed by atoms with E-state index in [0.717, 1.165) is 12.8 Å². The topological polar surface area (TPSA) is 54.4 Å². The van der Waals surface area contributed by atoms with Crippen molar-refractivity contribution in [2.75, 3.05) is 0 Å². The number of carbonyl (C=O) groups excluding carboxylic acids is 2. The number of carbonyl (C=O) groups is 2. The van der Waals surface area contributed by atoms with Crippen molar-refractivity contribution in [3.05, 3.63) is 0 Å². The molecule has 0 bridgehead atoms. The molecule has 0 amide bonds. The van der Waals surface area contributed by atoms with Crippen molar-refractivity contribution < 1.29 is 14.7 Å². The summed E-state index contributed by atoms with van der Waals surface area (Å²) in [6.45, 7) is 3.27. The molecule has 13 heavy (non-hydrogen) atoms. The summed E-state index contributed by atoms with van der Waals surface area (Å²) >= 11 is 0. The van der Waals surface area contributed by atoms with Crippen LogP contribution in [0.25, 0.3) is 0 Å². The van der Waals surface area contributed by atoms with Gasteiger partial charge in [-0.15, -0.1) is 0 Å². The van der Waals surface area contributed by atoms with Gasteiger partial charge in [-0.2, -0.15) is 0 Å². The summed E-state index contributed by atoms with van der Waals surface area (Å²) in [5, 5.41) is 9.02. The maximum absolute atomic E-state index is 11.4. The van der Waals surface area contributed by atoms with E-state index >= 15 is 0 Å². The molecular formula is C10H16O3. The fourth-order valence-corrected chi connectivity index (χ4v) is 1.80. The molecule has 0 aromatic carbocycles. The van der Waals surface area contributed by atoms with E-state index in [1.54, 1.807) is 0 Å². The van der Waals surface area contributed by atoms with E-state index in [1.165, 1.54) is 6.92 Å². The second-order valence-corrected chi connectivity index (χ2v) is 4.16. The number of hydrogen-bond donors (Lipinski definition) is 1. The first-order valence-electron chi connectivity index (χ1n) is 4.70. The summed E-state index contributed by atoms with van der Waals surface area (Å²) in [7, 11) is 0. The molecule has 3 nitrogen and oxygen atoms in total. The molecule has 0 heterocycles. The van der Waals surface area contributed by atoms with Crippen LogP contribution in [-0.2, 0) is 9.59 Å². The van der Waals surface area contributed by atoms with Crippen LogP contribution in [0.5, 0.6) is 0 Å². The molecule has 1 N–H and O–H groups in total. The van der Waals surface area contributed by atoms with Crippen molar-refractivity contribution in [3.63, 3.8) is 0 Å². The van der Waals surface area contributed by atoms with Crippen molar-refractivity contribution >= 4 is 11.6 Å². The largest absolute Gasteiger partial charge is 0.386 e. The minimum Gasteiger partial charge on any atom is -0.386 e. The number of hydrogen-bond acceptors (Lipinski definition) is 3. The average molecular weight is 184 g/mol. The van der Waals surface area contributed by atoms with Crippen LogP contribution in [0, 0.1) is 5.41 Å². The lowest BCUT2D eigenvalue weighted by molar-refractivity contribution is -0.134. The Hall–Kier alpha value is -0.700. The van der Waals surface area contributed by atoms with Crippen LogP contribution in [0.4, 0.5) is 0 Å². The number of ketones is 2. The zero-order valence-electron chi connectivity index (χ0n) is 8.17. The zero-order valence-corrected chi connectivity index (χ0v) is 8.17. The Morgan fingerprint density at radius 3 is 2.69 bits per heavy atom. The van der Waals surface area contributed by atoms with Gasteiger partial charge in [0, 0.05) is 18.3 Å². The first-order chi connectivity index (χ1) is 5.96. The molecule has 1 rings (SSSR count). The van der Waals surface area contributed by atoms with Crippen LogP contribution < -0.4 is 0 Å². The number of aliphatic hydroxyl groups excluding tert-OH is 1. The fourth-order valence-electron chi connectivity index (χ4n) is 1.80. The molecule has 0 aromatic rings. The second-order valence-electron chi connectivity index (χ2n) is 4.16. The van der Waals surface area contributed by atoms with Gasteiger partial charge in [0.15, 0.2) is 5.78 Å². The third kappa shape index (κ3) is 2.15. The van der Waals surface area contributed by atoms with E-state index in [2.05, 4.69) is 0 Å². The van der Waals surface area contributed by atoms with Gasteiger partial charge in [-0.05, 0) is 19.8 Å². The summed E-state index contributed by atoms with van der Waals surface area (Å²) in [5.41, 5.74) is -0.492. The molecule has 1 aliphatic carbocycles. The molecular weight excluding hydrogens is 168 g/mol. The predicted molar refractivity (Wildman–Crippen MR) is 48.3 cm³/mol. The summed E-state index contributed by atoms with van der Waals surface area (Å²) in [6, 6.07) is 0. The Labute approximate surface area is 78.1 Å². The number of Topliss-reactive ketones (excluding diaryl/α,β-unsaturated/α-hetero) is 2. The van der Waals surface area contributed by atoms with Gasteiger partial charge in [-0.3, -0.25) is 9.59 Å². The van der Waals surface area contributed by atoms with Gasteiger partial charge in [0.25, 0.3) is 0 Å². The van der Waals surface area contributed by atoms with Crippen molar-refractivity contribution in [2.24, 2.45) is 5.41 Å². The maximum atomic E-state index is 11.4. The highest BCUT2D eigenvalue weighted by Crippen LogP contribution is 2.37. The van der Waals surface area contributed by atoms with Crippen LogP contribution in [-0.4, -0.2) is 22.8 Å². The SMILES string of the molecule is CC(O)C(=O)CC1(C)CCCC1=O. The average Bonchev–Trinajstić information content (AvgIpc) is 2.32. The minimum atomic E-state index is -0.940. The van der Waals surface area contributed by atoms with Crippen LogP contribution in [0.3, 0.4) is 0 Å². The lowest BCUT2D eigenvalue weighted by Crippen LogP contribution is -2.29. The van der Waals surface area contributed by atoms with Gasteiger partial charge in [0.1, 0.15) is 11.9 Å². The van der Waals surface area contributed by atoms with E-state index in [-0.39, 0.29) is 18.0 Å². The molecule has 3 heteroatoms.